The molecule has 0 unspecified atom stereocenters. The molecule has 0 fully saturated rings. The number of hydrogen-bond donors (Lipinski definition) is 2. The summed E-state index contributed by atoms with van der Waals surface area (Å²) in [6, 6.07) is 9.10. The lowest BCUT2D eigenvalue weighted by Crippen LogP contribution is -2.08. The van der Waals surface area contributed by atoms with E-state index in [0.717, 1.165) is 0 Å². The fourth-order valence-electron chi connectivity index (χ4n) is 1.62. The second-order valence-electron chi connectivity index (χ2n) is 4.20. The topological polar surface area (TPSA) is 55.1 Å². The van der Waals surface area contributed by atoms with E-state index in [2.05, 4.69) is 5.32 Å². The third-order valence-electron chi connectivity index (χ3n) is 2.67. The smallest absolute Gasteiger partial charge is 0.248 e. The predicted molar refractivity (Wildman–Crippen MR) is 84.9 cm³/mol. The normalized spacial score (nSPS) is 10.8. The third kappa shape index (κ3) is 3.97. The molecule has 3 nitrogen and oxygen atoms in total. The van der Waals surface area contributed by atoms with E-state index in [1.807, 2.05) is 0 Å². The molecule has 0 bridgehead atoms. The van der Waals surface area contributed by atoms with Gasteiger partial charge in [-0.2, -0.15) is 0 Å². The van der Waals surface area contributed by atoms with Gasteiger partial charge in [0.25, 0.3) is 0 Å². The number of nitrogen functional groups attached to an aromatic ring is 1. The Balaban J connectivity index is 2.11. The van der Waals surface area contributed by atoms with Crippen LogP contribution in [0.1, 0.15) is 5.56 Å². The Kier molecular flexibility index (Phi) is 4.83. The van der Waals surface area contributed by atoms with Gasteiger partial charge in [-0.3, -0.25) is 4.79 Å². The van der Waals surface area contributed by atoms with Gasteiger partial charge in [-0.15, -0.1) is 0 Å². The Morgan fingerprint density at radius 2 is 1.81 bits per heavy atom. The Morgan fingerprint density at radius 1 is 1.19 bits per heavy atom. The molecule has 0 radical (unpaired) electrons. The quantitative estimate of drug-likeness (QED) is 0.650. The monoisotopic (exact) mass is 324 g/mol. The van der Waals surface area contributed by atoms with Gasteiger partial charge >= 0.3 is 0 Å². The van der Waals surface area contributed by atoms with Crippen LogP contribution in [0.25, 0.3) is 6.08 Å². The van der Waals surface area contributed by atoms with Crippen molar-refractivity contribution in [3.05, 3.63) is 63.9 Å². The van der Waals surface area contributed by atoms with Gasteiger partial charge in [-0.25, -0.2) is 4.39 Å². The number of carbonyl (C=O) groups is 1. The van der Waals surface area contributed by atoms with Crippen molar-refractivity contribution in [3.63, 3.8) is 0 Å². The molecule has 0 spiro atoms. The van der Waals surface area contributed by atoms with E-state index in [4.69, 9.17) is 28.9 Å². The number of benzene rings is 2. The number of carbonyl (C=O) groups excluding carboxylic acids is 1. The summed E-state index contributed by atoms with van der Waals surface area (Å²) in [7, 11) is 0. The molecular weight excluding hydrogens is 314 g/mol. The molecule has 21 heavy (non-hydrogen) atoms. The molecule has 108 valence electrons. The van der Waals surface area contributed by atoms with Gasteiger partial charge in [0.05, 0.1) is 15.7 Å². The fourth-order valence-corrected chi connectivity index (χ4v) is 2.10. The lowest BCUT2D eigenvalue weighted by atomic mass is 10.2. The number of hydrogen-bond acceptors (Lipinski definition) is 2. The van der Waals surface area contributed by atoms with E-state index in [1.54, 1.807) is 18.2 Å². The van der Waals surface area contributed by atoms with E-state index in [0.29, 0.717) is 11.3 Å². The van der Waals surface area contributed by atoms with Crippen molar-refractivity contribution in [2.45, 2.75) is 0 Å². The van der Waals surface area contributed by atoms with E-state index < -0.39 is 11.7 Å². The van der Waals surface area contributed by atoms with Crippen LogP contribution >= 0.6 is 23.2 Å². The largest absolute Gasteiger partial charge is 0.396 e. The zero-order valence-electron chi connectivity index (χ0n) is 10.7. The number of rotatable bonds is 3. The molecule has 2 rings (SSSR count). The van der Waals surface area contributed by atoms with Crippen LogP contribution in [0.2, 0.25) is 10.0 Å². The summed E-state index contributed by atoms with van der Waals surface area (Å²) < 4.78 is 13.4. The average Bonchev–Trinajstić information content (AvgIpc) is 2.44. The number of nitrogens with two attached hydrogens (primary N) is 1. The molecule has 0 aliphatic carbocycles. The molecule has 6 heteroatoms. The highest BCUT2D eigenvalue weighted by Gasteiger charge is 2.06. The Hall–Kier alpha value is -2.04. The Morgan fingerprint density at radius 3 is 2.43 bits per heavy atom. The fraction of sp³-hybridized carbons (Fsp3) is 0. The van der Waals surface area contributed by atoms with Crippen LogP contribution in [0.15, 0.2) is 42.5 Å². The summed E-state index contributed by atoms with van der Waals surface area (Å²) in [6.07, 6.45) is 2.60. The average molecular weight is 325 g/mol. The van der Waals surface area contributed by atoms with Gasteiger partial charge in [-0.1, -0.05) is 41.4 Å². The number of nitrogens with one attached hydrogen (secondary N) is 1. The number of amides is 1. The Labute approximate surface area is 131 Å². The van der Waals surface area contributed by atoms with Crippen LogP contribution in [-0.4, -0.2) is 5.91 Å². The van der Waals surface area contributed by atoms with Gasteiger partial charge in [0.1, 0.15) is 5.82 Å². The van der Waals surface area contributed by atoms with E-state index in [9.17, 15) is 9.18 Å². The zero-order chi connectivity index (χ0) is 15.4. The zero-order valence-corrected chi connectivity index (χ0v) is 12.3. The molecule has 0 heterocycles. The first-order valence-electron chi connectivity index (χ1n) is 5.95. The van der Waals surface area contributed by atoms with Gasteiger partial charge < -0.3 is 11.1 Å². The molecule has 0 saturated heterocycles. The van der Waals surface area contributed by atoms with Crippen molar-refractivity contribution >= 4 is 46.6 Å². The lowest BCUT2D eigenvalue weighted by Gasteiger charge is -2.06. The molecule has 1 amide bonds. The van der Waals surface area contributed by atoms with Crippen molar-refractivity contribution in [1.82, 2.24) is 0 Å². The molecule has 3 N–H and O–H groups in total. The molecular formula is C15H11Cl2FN2O. The van der Waals surface area contributed by atoms with E-state index in [1.165, 1.54) is 30.4 Å². The van der Waals surface area contributed by atoms with Crippen LogP contribution in [0.3, 0.4) is 0 Å². The molecule has 0 aliphatic heterocycles. The first kappa shape index (κ1) is 15.4. The first-order chi connectivity index (χ1) is 9.97. The van der Waals surface area contributed by atoms with Crippen molar-refractivity contribution in [2.75, 3.05) is 11.1 Å². The van der Waals surface area contributed by atoms with Gasteiger partial charge in [0.15, 0.2) is 0 Å². The van der Waals surface area contributed by atoms with Crippen LogP contribution in [-0.2, 0) is 4.79 Å². The number of halogens is 3. The second-order valence-corrected chi connectivity index (χ2v) is 5.01. The van der Waals surface area contributed by atoms with Gasteiger partial charge in [-0.05, 0) is 24.3 Å². The minimum atomic E-state index is -0.435. The van der Waals surface area contributed by atoms with Crippen LogP contribution in [0.4, 0.5) is 15.8 Å². The van der Waals surface area contributed by atoms with Crippen molar-refractivity contribution in [1.29, 1.82) is 0 Å². The highest BCUT2D eigenvalue weighted by Crippen LogP contribution is 2.31. The van der Waals surface area contributed by atoms with Crippen LogP contribution < -0.4 is 11.1 Å². The lowest BCUT2D eigenvalue weighted by molar-refractivity contribution is -0.111. The summed E-state index contributed by atoms with van der Waals surface area (Å²) >= 11 is 11.7. The summed E-state index contributed by atoms with van der Waals surface area (Å²) in [6.45, 7) is 0. The second kappa shape index (κ2) is 6.61. The minimum absolute atomic E-state index is 0.246. The maximum Gasteiger partial charge on any atom is 0.248 e. The van der Waals surface area contributed by atoms with Crippen molar-refractivity contribution < 1.29 is 9.18 Å². The number of anilines is 2. The molecule has 0 atom stereocenters. The minimum Gasteiger partial charge on any atom is -0.396 e. The maximum atomic E-state index is 13.4. The maximum absolute atomic E-state index is 13.4. The van der Waals surface area contributed by atoms with Crippen LogP contribution in [0.5, 0.6) is 0 Å². The highest BCUT2D eigenvalue weighted by atomic mass is 35.5. The van der Waals surface area contributed by atoms with Crippen LogP contribution in [0, 0.1) is 5.82 Å². The molecule has 0 aromatic heterocycles. The molecule has 2 aromatic carbocycles. The molecule has 0 saturated carbocycles. The van der Waals surface area contributed by atoms with E-state index >= 15 is 0 Å². The first-order valence-corrected chi connectivity index (χ1v) is 6.71. The summed E-state index contributed by atoms with van der Waals surface area (Å²) in [5.74, 6) is -0.838. The van der Waals surface area contributed by atoms with Gasteiger partial charge in [0, 0.05) is 17.3 Å². The summed E-state index contributed by atoms with van der Waals surface area (Å²) in [5, 5.41) is 3.06. The molecule has 2 aromatic rings. The van der Waals surface area contributed by atoms with E-state index in [-0.39, 0.29) is 15.7 Å². The third-order valence-corrected chi connectivity index (χ3v) is 3.29. The Bertz CT molecular complexity index is 694. The predicted octanol–water partition coefficient (Wildman–Crippen LogP) is 4.37. The van der Waals surface area contributed by atoms with Crippen molar-refractivity contribution in [3.8, 4) is 0 Å². The summed E-state index contributed by atoms with van der Waals surface area (Å²) in [4.78, 5) is 11.8. The standard InChI is InChI=1S/C15H11Cl2FN2O/c16-11-7-10(8-12(17)15(11)19)20-14(21)6-5-9-3-1-2-4-13(9)18/h1-8H,19H2,(H,20,21)/b6-5+. The van der Waals surface area contributed by atoms with Gasteiger partial charge in [0.2, 0.25) is 5.91 Å². The SMILES string of the molecule is Nc1c(Cl)cc(NC(=O)/C=C/c2ccccc2F)cc1Cl. The summed E-state index contributed by atoms with van der Waals surface area (Å²) in [5.41, 5.74) is 6.57. The highest BCUT2D eigenvalue weighted by molar-refractivity contribution is 6.39. The molecule has 0 aliphatic rings. The van der Waals surface area contributed by atoms with Crippen molar-refractivity contribution in [2.24, 2.45) is 0 Å².